The summed E-state index contributed by atoms with van der Waals surface area (Å²) < 4.78 is 2.13. The van der Waals surface area contributed by atoms with Gasteiger partial charge in [0.15, 0.2) is 0 Å². The second kappa shape index (κ2) is 8.16. The summed E-state index contributed by atoms with van der Waals surface area (Å²) in [7, 11) is 0. The Hall–Kier alpha value is -2.18. The molecule has 1 N–H and O–H groups in total. The van der Waals surface area contributed by atoms with Gasteiger partial charge < -0.3 is 4.90 Å². The predicted molar refractivity (Wildman–Crippen MR) is 110 cm³/mol. The molecule has 30 heavy (non-hydrogen) atoms. The first-order chi connectivity index (χ1) is 14.6. The van der Waals surface area contributed by atoms with E-state index < -0.39 is 6.04 Å². The van der Waals surface area contributed by atoms with Crippen molar-refractivity contribution < 1.29 is 14.4 Å². The Balaban J connectivity index is 1.22. The molecule has 4 atom stereocenters. The van der Waals surface area contributed by atoms with Crippen LogP contribution in [0.15, 0.2) is 12.3 Å². The molecule has 4 fully saturated rings. The van der Waals surface area contributed by atoms with Crippen LogP contribution in [0.5, 0.6) is 0 Å². The van der Waals surface area contributed by atoms with Crippen LogP contribution in [0, 0.1) is 17.8 Å². The van der Waals surface area contributed by atoms with Crippen molar-refractivity contribution in [2.75, 3.05) is 6.54 Å². The number of aromatic nitrogens is 2. The van der Waals surface area contributed by atoms with Gasteiger partial charge in [0.05, 0.1) is 5.69 Å². The molecule has 0 aromatic carbocycles. The Kier molecular flexibility index (Phi) is 5.37. The van der Waals surface area contributed by atoms with E-state index in [-0.39, 0.29) is 29.6 Å². The van der Waals surface area contributed by atoms with Gasteiger partial charge in [-0.15, -0.1) is 0 Å². The van der Waals surface area contributed by atoms with Crippen molar-refractivity contribution in [3.05, 3.63) is 18.0 Å². The fourth-order valence-electron chi connectivity index (χ4n) is 6.21. The van der Waals surface area contributed by atoms with E-state index in [9.17, 15) is 14.4 Å². The first-order valence-electron chi connectivity index (χ1n) is 11.8. The van der Waals surface area contributed by atoms with Crippen LogP contribution in [-0.2, 0) is 20.9 Å². The number of carbonyl (C=O) groups excluding carboxylic acids is 3. The predicted octanol–water partition coefficient (Wildman–Crippen LogP) is 2.61. The van der Waals surface area contributed by atoms with Crippen LogP contribution in [0.4, 0.5) is 0 Å². The Morgan fingerprint density at radius 2 is 1.87 bits per heavy atom. The van der Waals surface area contributed by atoms with E-state index >= 15 is 0 Å². The molecular weight excluding hydrogens is 380 g/mol. The van der Waals surface area contributed by atoms with Crippen LogP contribution in [-0.4, -0.2) is 45.0 Å². The van der Waals surface area contributed by atoms with Gasteiger partial charge in [-0.25, -0.2) is 0 Å². The number of imide groups is 1. The van der Waals surface area contributed by atoms with Gasteiger partial charge in [0, 0.05) is 37.5 Å². The molecule has 1 aromatic rings. The van der Waals surface area contributed by atoms with Gasteiger partial charge in [-0.1, -0.05) is 19.3 Å². The highest BCUT2D eigenvalue weighted by molar-refractivity contribution is 6.02. The van der Waals surface area contributed by atoms with E-state index in [2.05, 4.69) is 22.3 Å². The molecule has 0 radical (unpaired) electrons. The van der Waals surface area contributed by atoms with Crippen molar-refractivity contribution >= 4 is 17.7 Å². The second-order valence-electron chi connectivity index (χ2n) is 9.80. The summed E-state index contributed by atoms with van der Waals surface area (Å²) in [4.78, 5) is 38.4. The van der Waals surface area contributed by atoms with Crippen molar-refractivity contribution in [2.24, 2.45) is 17.8 Å². The molecule has 2 saturated heterocycles. The van der Waals surface area contributed by atoms with Crippen molar-refractivity contribution in [1.29, 1.82) is 0 Å². The normalized spacial score (nSPS) is 32.9. The molecular formula is C23H32N4O3. The van der Waals surface area contributed by atoms with E-state index in [0.717, 1.165) is 37.4 Å². The highest BCUT2D eigenvalue weighted by atomic mass is 16.2. The lowest BCUT2D eigenvalue weighted by atomic mass is 9.74. The molecule has 3 amide bonds. The van der Waals surface area contributed by atoms with Crippen LogP contribution in [0.25, 0.3) is 0 Å². The topological polar surface area (TPSA) is 84.3 Å². The van der Waals surface area contributed by atoms with E-state index in [1.165, 1.54) is 32.1 Å². The third-order valence-corrected chi connectivity index (χ3v) is 7.85. The van der Waals surface area contributed by atoms with Gasteiger partial charge in [0.1, 0.15) is 6.04 Å². The number of hydrogen-bond acceptors (Lipinski definition) is 4. The number of rotatable bonds is 4. The van der Waals surface area contributed by atoms with Crippen LogP contribution >= 0.6 is 0 Å². The fraction of sp³-hybridized carbons (Fsp3) is 0.739. The molecule has 7 heteroatoms. The summed E-state index contributed by atoms with van der Waals surface area (Å²) in [5.41, 5.74) is 1.16. The van der Waals surface area contributed by atoms with Crippen molar-refractivity contribution in [2.45, 2.75) is 82.7 Å². The van der Waals surface area contributed by atoms with Crippen molar-refractivity contribution in [3.63, 3.8) is 0 Å². The quantitative estimate of drug-likeness (QED) is 0.771. The van der Waals surface area contributed by atoms with Gasteiger partial charge in [-0.05, 0) is 56.4 Å². The first-order valence-corrected chi connectivity index (χ1v) is 11.8. The maximum absolute atomic E-state index is 13.0. The van der Waals surface area contributed by atoms with Gasteiger partial charge in [-0.2, -0.15) is 5.10 Å². The summed E-state index contributed by atoms with van der Waals surface area (Å²) in [6.07, 6.45) is 12.4. The molecule has 0 spiro atoms. The summed E-state index contributed by atoms with van der Waals surface area (Å²) in [5, 5.41) is 7.30. The zero-order chi connectivity index (χ0) is 20.7. The minimum Gasteiger partial charge on any atom is -0.330 e. The average molecular weight is 413 g/mol. The Morgan fingerprint density at radius 3 is 2.67 bits per heavy atom. The smallest absolute Gasteiger partial charge is 0.249 e. The number of amides is 3. The zero-order valence-corrected chi connectivity index (χ0v) is 17.6. The number of nitrogens with one attached hydrogen (secondary N) is 1. The lowest BCUT2D eigenvalue weighted by Gasteiger charge is -2.29. The second-order valence-corrected chi connectivity index (χ2v) is 9.80. The fourth-order valence-corrected chi connectivity index (χ4v) is 6.21. The summed E-state index contributed by atoms with van der Waals surface area (Å²) in [5.74, 6) is 1.03. The number of nitrogens with zero attached hydrogens (tertiary/aromatic N) is 3. The highest BCUT2D eigenvalue weighted by Crippen LogP contribution is 2.44. The van der Waals surface area contributed by atoms with Gasteiger partial charge in [-0.3, -0.25) is 24.4 Å². The minimum atomic E-state index is -0.478. The average Bonchev–Trinajstić information content (AvgIpc) is 3.33. The first kappa shape index (κ1) is 19.8. The van der Waals surface area contributed by atoms with Crippen LogP contribution in [0.3, 0.4) is 0 Å². The lowest BCUT2D eigenvalue weighted by Crippen LogP contribution is -2.53. The monoisotopic (exact) mass is 412 g/mol. The molecule has 5 rings (SSSR count). The number of hydrogen-bond donors (Lipinski definition) is 1. The maximum Gasteiger partial charge on any atom is 0.249 e. The lowest BCUT2D eigenvalue weighted by molar-refractivity contribution is -0.144. The van der Waals surface area contributed by atoms with E-state index in [0.29, 0.717) is 25.3 Å². The van der Waals surface area contributed by atoms with Crippen LogP contribution in [0.1, 0.15) is 75.8 Å². The molecule has 162 valence electrons. The SMILES string of the molecule is O=C1CCC(N2CC3CC(c4ccn(CC5CCCCC5)n4)CCC3C2=O)C(=O)N1. The number of fused-ring (bicyclic) bond motifs is 1. The summed E-state index contributed by atoms with van der Waals surface area (Å²) in [6.45, 7) is 1.66. The number of carbonyl (C=O) groups is 3. The third kappa shape index (κ3) is 3.79. The van der Waals surface area contributed by atoms with E-state index in [1.807, 2.05) is 0 Å². The van der Waals surface area contributed by atoms with Crippen LogP contribution < -0.4 is 5.32 Å². The van der Waals surface area contributed by atoms with Crippen molar-refractivity contribution in [1.82, 2.24) is 20.0 Å². The standard InChI is InChI=1S/C23H32N4O3/c28-21-9-8-20(22(29)24-21)27-14-17-12-16(6-7-18(17)23(27)30)19-10-11-26(25-19)13-15-4-2-1-3-5-15/h10-11,15-18,20H,1-9,12-14H2,(H,24,28,29). The molecule has 7 nitrogen and oxygen atoms in total. The number of likely N-dealkylation sites (tertiary alicyclic amines) is 1. The molecule has 1 aromatic heterocycles. The van der Waals surface area contributed by atoms with Crippen LogP contribution in [0.2, 0.25) is 0 Å². The Bertz CT molecular complexity index is 828. The third-order valence-electron chi connectivity index (χ3n) is 7.85. The van der Waals surface area contributed by atoms with Gasteiger partial charge >= 0.3 is 0 Å². The van der Waals surface area contributed by atoms with Gasteiger partial charge in [0.2, 0.25) is 17.7 Å². The molecule has 2 aliphatic carbocycles. The molecule has 2 saturated carbocycles. The van der Waals surface area contributed by atoms with Crippen molar-refractivity contribution in [3.8, 4) is 0 Å². The highest BCUT2D eigenvalue weighted by Gasteiger charge is 2.48. The zero-order valence-electron chi connectivity index (χ0n) is 17.6. The molecule has 0 bridgehead atoms. The minimum absolute atomic E-state index is 0.0241. The molecule has 4 aliphatic rings. The molecule has 2 aliphatic heterocycles. The maximum atomic E-state index is 13.0. The van der Waals surface area contributed by atoms with E-state index in [4.69, 9.17) is 5.10 Å². The summed E-state index contributed by atoms with van der Waals surface area (Å²) >= 11 is 0. The van der Waals surface area contributed by atoms with Gasteiger partial charge in [0.25, 0.3) is 0 Å². The Morgan fingerprint density at radius 1 is 1.03 bits per heavy atom. The molecule has 3 heterocycles. The summed E-state index contributed by atoms with van der Waals surface area (Å²) in [6, 6.07) is 1.69. The van der Waals surface area contributed by atoms with E-state index in [1.54, 1.807) is 4.90 Å². The molecule has 4 unspecified atom stereocenters. The Labute approximate surface area is 177 Å². The number of piperidine rings is 1. The largest absolute Gasteiger partial charge is 0.330 e.